The fraction of sp³-hybridized carbons (Fsp3) is 1.00. The largest absolute Gasteiger partial charge is 0.387 e. The summed E-state index contributed by atoms with van der Waals surface area (Å²) in [5, 5.41) is 20.4. The van der Waals surface area contributed by atoms with E-state index in [1.54, 1.807) is 13.8 Å². The zero-order valence-electron chi connectivity index (χ0n) is 8.96. The molecule has 0 aromatic rings. The van der Waals surface area contributed by atoms with Crippen LogP contribution in [0.25, 0.3) is 0 Å². The lowest BCUT2D eigenvalue weighted by Gasteiger charge is -2.67. The average Bonchev–Trinajstić information content (AvgIpc) is 1.94. The van der Waals surface area contributed by atoms with Crippen molar-refractivity contribution in [3.63, 3.8) is 0 Å². The summed E-state index contributed by atoms with van der Waals surface area (Å²) >= 11 is 0. The van der Waals surface area contributed by atoms with Gasteiger partial charge in [0.25, 0.3) is 0 Å². The van der Waals surface area contributed by atoms with E-state index in [1.165, 1.54) is 0 Å². The predicted molar refractivity (Wildman–Crippen MR) is 51.2 cm³/mol. The van der Waals surface area contributed by atoms with Crippen LogP contribution in [0.5, 0.6) is 0 Å². The first-order valence-electron chi connectivity index (χ1n) is 5.14. The van der Waals surface area contributed by atoms with Crippen molar-refractivity contribution in [3.8, 4) is 0 Å². The molecule has 0 aromatic carbocycles. The minimum atomic E-state index is -0.911. The SMILES string of the molecule is CC1(C)[C@@H]2C[C@H]1[C@@](C)(O)[C@@](C)(O)C2. The fourth-order valence-electron chi connectivity index (χ4n) is 3.38. The van der Waals surface area contributed by atoms with E-state index in [1.807, 2.05) is 0 Å². The first-order valence-corrected chi connectivity index (χ1v) is 5.14. The van der Waals surface area contributed by atoms with Gasteiger partial charge in [-0.1, -0.05) is 13.8 Å². The van der Waals surface area contributed by atoms with E-state index in [0.717, 1.165) is 12.8 Å². The second kappa shape index (κ2) is 2.12. The molecule has 2 heteroatoms. The van der Waals surface area contributed by atoms with Gasteiger partial charge in [-0.05, 0) is 43.9 Å². The van der Waals surface area contributed by atoms with Crippen molar-refractivity contribution in [1.29, 1.82) is 0 Å². The molecule has 0 heterocycles. The Bertz CT molecular complexity index is 240. The van der Waals surface area contributed by atoms with Crippen LogP contribution in [-0.2, 0) is 0 Å². The molecule has 0 radical (unpaired) electrons. The molecule has 2 bridgehead atoms. The molecule has 0 unspecified atom stereocenters. The zero-order valence-corrected chi connectivity index (χ0v) is 8.96. The van der Waals surface area contributed by atoms with E-state index in [-0.39, 0.29) is 11.3 Å². The molecular formula is C11H20O2. The molecular weight excluding hydrogens is 164 g/mol. The first kappa shape index (κ1) is 9.47. The van der Waals surface area contributed by atoms with Crippen LogP contribution in [0.4, 0.5) is 0 Å². The molecule has 3 aliphatic rings. The van der Waals surface area contributed by atoms with Gasteiger partial charge in [-0.15, -0.1) is 0 Å². The van der Waals surface area contributed by atoms with Gasteiger partial charge < -0.3 is 10.2 Å². The highest BCUT2D eigenvalue weighted by Crippen LogP contribution is 2.65. The topological polar surface area (TPSA) is 40.5 Å². The smallest absolute Gasteiger partial charge is 0.0936 e. The Morgan fingerprint density at radius 3 is 1.92 bits per heavy atom. The molecule has 2 N–H and O–H groups in total. The summed E-state index contributed by atoms with van der Waals surface area (Å²) in [4.78, 5) is 0. The Morgan fingerprint density at radius 1 is 1.08 bits per heavy atom. The molecule has 3 rings (SSSR count). The van der Waals surface area contributed by atoms with Gasteiger partial charge in [0.05, 0.1) is 11.2 Å². The highest BCUT2D eigenvalue weighted by Gasteiger charge is 2.66. The second-order valence-corrected chi connectivity index (χ2v) is 5.93. The fourth-order valence-corrected chi connectivity index (χ4v) is 3.38. The number of rotatable bonds is 0. The van der Waals surface area contributed by atoms with E-state index in [9.17, 15) is 10.2 Å². The van der Waals surface area contributed by atoms with Crippen molar-refractivity contribution in [2.45, 2.75) is 51.7 Å². The van der Waals surface area contributed by atoms with Crippen LogP contribution in [0.1, 0.15) is 40.5 Å². The van der Waals surface area contributed by atoms with E-state index < -0.39 is 11.2 Å². The third-order valence-corrected chi connectivity index (χ3v) is 4.88. The van der Waals surface area contributed by atoms with Crippen LogP contribution in [0.3, 0.4) is 0 Å². The summed E-state index contributed by atoms with van der Waals surface area (Å²) in [6, 6.07) is 0. The molecule has 0 aromatic heterocycles. The summed E-state index contributed by atoms with van der Waals surface area (Å²) in [7, 11) is 0. The Morgan fingerprint density at radius 2 is 1.62 bits per heavy atom. The zero-order chi connectivity index (χ0) is 10.1. The monoisotopic (exact) mass is 184 g/mol. The molecule has 3 saturated carbocycles. The minimum absolute atomic E-state index is 0.214. The van der Waals surface area contributed by atoms with Crippen molar-refractivity contribution < 1.29 is 10.2 Å². The molecule has 0 amide bonds. The maximum atomic E-state index is 10.3. The van der Waals surface area contributed by atoms with Gasteiger partial charge in [0.2, 0.25) is 0 Å². The van der Waals surface area contributed by atoms with Crippen LogP contribution in [0.2, 0.25) is 0 Å². The highest BCUT2D eigenvalue weighted by atomic mass is 16.4. The van der Waals surface area contributed by atoms with E-state index >= 15 is 0 Å². The van der Waals surface area contributed by atoms with Gasteiger partial charge >= 0.3 is 0 Å². The Kier molecular flexibility index (Phi) is 1.54. The molecule has 0 spiro atoms. The van der Waals surface area contributed by atoms with Gasteiger partial charge in [-0.25, -0.2) is 0 Å². The molecule has 3 fully saturated rings. The lowest BCUT2D eigenvalue weighted by molar-refractivity contribution is -0.285. The third-order valence-electron chi connectivity index (χ3n) is 4.88. The van der Waals surface area contributed by atoms with E-state index in [2.05, 4.69) is 13.8 Å². The number of hydrogen-bond acceptors (Lipinski definition) is 2. The molecule has 0 saturated heterocycles. The molecule has 76 valence electrons. The van der Waals surface area contributed by atoms with Gasteiger partial charge in [0.15, 0.2) is 0 Å². The Labute approximate surface area is 80.0 Å². The molecule has 3 aliphatic carbocycles. The standard InChI is InChI=1S/C11H20O2/c1-9(2)7-5-8(9)11(4,13)10(3,12)6-7/h7-8,12-13H,5-6H2,1-4H3/t7-,8-,10+,11-/m1/s1. The first-order chi connectivity index (χ1) is 5.69. The summed E-state index contributed by atoms with van der Waals surface area (Å²) < 4.78 is 0. The maximum Gasteiger partial charge on any atom is 0.0936 e. The van der Waals surface area contributed by atoms with Crippen molar-refractivity contribution in [2.75, 3.05) is 0 Å². The van der Waals surface area contributed by atoms with Crippen molar-refractivity contribution in [1.82, 2.24) is 0 Å². The number of aliphatic hydroxyl groups is 2. The number of hydrogen-bond donors (Lipinski definition) is 2. The van der Waals surface area contributed by atoms with Crippen molar-refractivity contribution >= 4 is 0 Å². The van der Waals surface area contributed by atoms with Crippen LogP contribution < -0.4 is 0 Å². The molecule has 4 atom stereocenters. The highest BCUT2D eigenvalue weighted by molar-refractivity contribution is 5.16. The lowest BCUT2D eigenvalue weighted by Crippen LogP contribution is -2.71. The summed E-state index contributed by atoms with van der Waals surface area (Å²) in [5.74, 6) is 0.849. The second-order valence-electron chi connectivity index (χ2n) is 5.93. The van der Waals surface area contributed by atoms with Crippen LogP contribution in [0, 0.1) is 17.3 Å². The minimum Gasteiger partial charge on any atom is -0.387 e. The summed E-state index contributed by atoms with van der Waals surface area (Å²) in [5.41, 5.74) is -1.59. The average molecular weight is 184 g/mol. The van der Waals surface area contributed by atoms with Gasteiger partial charge in [-0.2, -0.15) is 0 Å². The molecule has 0 aliphatic heterocycles. The maximum absolute atomic E-state index is 10.3. The Hall–Kier alpha value is -0.0800. The normalized spacial score (nSPS) is 58.6. The number of fused-ring (bicyclic) bond motifs is 2. The van der Waals surface area contributed by atoms with E-state index in [4.69, 9.17) is 0 Å². The van der Waals surface area contributed by atoms with Crippen LogP contribution in [0.15, 0.2) is 0 Å². The summed E-state index contributed by atoms with van der Waals surface area (Å²) in [6.45, 7) is 7.96. The van der Waals surface area contributed by atoms with Gasteiger partial charge in [0, 0.05) is 0 Å². The summed E-state index contributed by atoms with van der Waals surface area (Å²) in [6.07, 6.45) is 1.82. The quantitative estimate of drug-likeness (QED) is 0.599. The van der Waals surface area contributed by atoms with Gasteiger partial charge in [0.1, 0.15) is 0 Å². The van der Waals surface area contributed by atoms with Crippen LogP contribution >= 0.6 is 0 Å². The predicted octanol–water partition coefficient (Wildman–Crippen LogP) is 1.55. The molecule has 2 nitrogen and oxygen atoms in total. The van der Waals surface area contributed by atoms with Crippen molar-refractivity contribution in [3.05, 3.63) is 0 Å². The van der Waals surface area contributed by atoms with Crippen molar-refractivity contribution in [2.24, 2.45) is 17.3 Å². The Balaban J connectivity index is 2.34. The van der Waals surface area contributed by atoms with E-state index in [0.29, 0.717) is 5.92 Å². The van der Waals surface area contributed by atoms with Crippen LogP contribution in [-0.4, -0.2) is 21.4 Å². The lowest BCUT2D eigenvalue weighted by atomic mass is 9.41. The van der Waals surface area contributed by atoms with Gasteiger partial charge in [-0.3, -0.25) is 0 Å². The molecule has 13 heavy (non-hydrogen) atoms. The third kappa shape index (κ3) is 0.909.